The third kappa shape index (κ3) is 2.26. The van der Waals surface area contributed by atoms with Crippen LogP contribution < -0.4 is 11.5 Å². The Morgan fingerprint density at radius 3 is 2.18 bits per heavy atom. The van der Waals surface area contributed by atoms with Crippen molar-refractivity contribution in [3.05, 3.63) is 65.7 Å². The molecule has 2 aromatic carbocycles. The molecule has 22 heavy (non-hydrogen) atoms. The second-order valence-electron chi connectivity index (χ2n) is 5.98. The molecule has 0 amide bonds. The van der Waals surface area contributed by atoms with Gasteiger partial charge in [-0.05, 0) is 24.6 Å². The zero-order valence-electron chi connectivity index (χ0n) is 12.4. The standard InChI is InChI=1S/C17H20N2O2S/c1-12-7-9-14(10-8-12)22(20,21)16-15(17(16,19)11-18)13-5-3-2-4-6-13/h2-10,15-16H,11,18-19H2,1H3/t15-,16+,17+/m0/s1. The highest BCUT2D eigenvalue weighted by Crippen LogP contribution is 2.55. The highest BCUT2D eigenvalue weighted by Gasteiger charge is 2.68. The van der Waals surface area contributed by atoms with Gasteiger partial charge in [0.1, 0.15) is 0 Å². The van der Waals surface area contributed by atoms with Gasteiger partial charge in [-0.25, -0.2) is 8.42 Å². The van der Waals surface area contributed by atoms with E-state index < -0.39 is 20.6 Å². The molecule has 0 aromatic heterocycles. The second kappa shape index (κ2) is 5.19. The Bertz CT molecular complexity index is 772. The quantitative estimate of drug-likeness (QED) is 0.897. The van der Waals surface area contributed by atoms with Crippen molar-refractivity contribution in [2.24, 2.45) is 11.5 Å². The number of hydrogen-bond acceptors (Lipinski definition) is 4. The summed E-state index contributed by atoms with van der Waals surface area (Å²) in [6.45, 7) is 2.07. The molecule has 3 atom stereocenters. The lowest BCUT2D eigenvalue weighted by molar-refractivity contribution is 0.586. The fraction of sp³-hybridized carbons (Fsp3) is 0.294. The zero-order valence-corrected chi connectivity index (χ0v) is 13.3. The van der Waals surface area contributed by atoms with Crippen molar-refractivity contribution in [1.29, 1.82) is 0 Å². The van der Waals surface area contributed by atoms with Crippen molar-refractivity contribution < 1.29 is 8.42 Å². The molecule has 4 N–H and O–H groups in total. The van der Waals surface area contributed by atoms with Gasteiger partial charge in [-0.2, -0.15) is 0 Å². The van der Waals surface area contributed by atoms with E-state index in [0.717, 1.165) is 11.1 Å². The molecular weight excluding hydrogens is 296 g/mol. The molecule has 2 aromatic rings. The van der Waals surface area contributed by atoms with Crippen molar-refractivity contribution >= 4 is 9.84 Å². The molecule has 1 aliphatic carbocycles. The zero-order chi connectivity index (χ0) is 16.0. The van der Waals surface area contributed by atoms with Gasteiger partial charge < -0.3 is 11.5 Å². The maximum atomic E-state index is 12.9. The fourth-order valence-electron chi connectivity index (χ4n) is 3.15. The molecule has 1 fully saturated rings. The molecule has 0 bridgehead atoms. The number of hydrogen-bond donors (Lipinski definition) is 2. The molecule has 0 saturated heterocycles. The van der Waals surface area contributed by atoms with Crippen LogP contribution in [-0.2, 0) is 9.84 Å². The first-order valence-corrected chi connectivity index (χ1v) is 8.80. The SMILES string of the molecule is Cc1ccc(S(=O)(=O)[C@@H]2[C@H](c3ccccc3)[C@]2(N)CN)cc1. The summed E-state index contributed by atoms with van der Waals surface area (Å²) in [4.78, 5) is 0.310. The molecule has 0 unspecified atom stereocenters. The molecule has 5 heteroatoms. The molecule has 0 spiro atoms. The van der Waals surface area contributed by atoms with Crippen LogP contribution in [0.25, 0.3) is 0 Å². The van der Waals surface area contributed by atoms with E-state index in [1.807, 2.05) is 37.3 Å². The molecule has 3 rings (SSSR count). The van der Waals surface area contributed by atoms with Crippen molar-refractivity contribution in [3.8, 4) is 0 Å². The Labute approximate surface area is 131 Å². The maximum Gasteiger partial charge on any atom is 0.183 e. The van der Waals surface area contributed by atoms with Gasteiger partial charge in [-0.3, -0.25) is 0 Å². The average molecular weight is 316 g/mol. The first kappa shape index (κ1) is 15.2. The van der Waals surface area contributed by atoms with Crippen molar-refractivity contribution in [3.63, 3.8) is 0 Å². The van der Waals surface area contributed by atoms with E-state index in [4.69, 9.17) is 11.5 Å². The maximum absolute atomic E-state index is 12.9. The molecule has 4 nitrogen and oxygen atoms in total. The van der Waals surface area contributed by atoms with Gasteiger partial charge in [0.2, 0.25) is 0 Å². The lowest BCUT2D eigenvalue weighted by Gasteiger charge is -2.09. The minimum absolute atomic E-state index is 0.141. The van der Waals surface area contributed by atoms with E-state index in [0.29, 0.717) is 4.90 Å². The van der Waals surface area contributed by atoms with Crippen LogP contribution in [0.15, 0.2) is 59.5 Å². The summed E-state index contributed by atoms with van der Waals surface area (Å²) in [5.74, 6) is -0.259. The summed E-state index contributed by atoms with van der Waals surface area (Å²) in [5.41, 5.74) is 13.2. The first-order valence-electron chi connectivity index (χ1n) is 7.26. The summed E-state index contributed by atoms with van der Waals surface area (Å²) < 4.78 is 25.9. The molecule has 116 valence electrons. The summed E-state index contributed by atoms with van der Waals surface area (Å²) in [5, 5.41) is -0.671. The van der Waals surface area contributed by atoms with Crippen molar-refractivity contribution in [1.82, 2.24) is 0 Å². The lowest BCUT2D eigenvalue weighted by Crippen LogP contribution is -2.39. The lowest BCUT2D eigenvalue weighted by atomic mass is 10.1. The Morgan fingerprint density at radius 1 is 1.05 bits per heavy atom. The number of sulfone groups is 1. The number of rotatable bonds is 4. The molecular formula is C17H20N2O2S. The fourth-order valence-corrected chi connectivity index (χ4v) is 5.47. The van der Waals surface area contributed by atoms with Gasteiger partial charge in [0, 0.05) is 12.5 Å². The van der Waals surface area contributed by atoms with Gasteiger partial charge in [0.25, 0.3) is 0 Å². The van der Waals surface area contributed by atoms with Crippen LogP contribution in [0.2, 0.25) is 0 Å². The van der Waals surface area contributed by atoms with E-state index in [-0.39, 0.29) is 12.5 Å². The number of benzene rings is 2. The van der Waals surface area contributed by atoms with Gasteiger partial charge in [-0.15, -0.1) is 0 Å². The molecule has 1 saturated carbocycles. The largest absolute Gasteiger partial charge is 0.329 e. The van der Waals surface area contributed by atoms with Crippen LogP contribution in [0.3, 0.4) is 0 Å². The van der Waals surface area contributed by atoms with Crippen LogP contribution in [0.4, 0.5) is 0 Å². The minimum atomic E-state index is -3.50. The third-order valence-electron chi connectivity index (χ3n) is 4.50. The summed E-state index contributed by atoms with van der Waals surface area (Å²) in [6, 6.07) is 16.4. The topological polar surface area (TPSA) is 86.2 Å². The minimum Gasteiger partial charge on any atom is -0.329 e. The van der Waals surface area contributed by atoms with Gasteiger partial charge in [0.05, 0.1) is 15.7 Å². The van der Waals surface area contributed by atoms with Crippen LogP contribution in [0.1, 0.15) is 17.0 Å². The van der Waals surface area contributed by atoms with E-state index in [2.05, 4.69) is 0 Å². The summed E-state index contributed by atoms with van der Waals surface area (Å²) in [7, 11) is -3.50. The van der Waals surface area contributed by atoms with Gasteiger partial charge in [-0.1, -0.05) is 48.0 Å². The monoisotopic (exact) mass is 316 g/mol. The summed E-state index contributed by atoms with van der Waals surface area (Å²) >= 11 is 0. The van der Waals surface area contributed by atoms with Crippen LogP contribution in [-0.4, -0.2) is 25.8 Å². The molecule has 0 radical (unpaired) electrons. The number of aryl methyl sites for hydroxylation is 1. The van der Waals surface area contributed by atoms with Crippen LogP contribution in [0, 0.1) is 6.92 Å². The number of nitrogens with two attached hydrogens (primary N) is 2. The van der Waals surface area contributed by atoms with E-state index in [9.17, 15) is 8.42 Å². The molecule has 1 aliphatic rings. The van der Waals surface area contributed by atoms with Crippen molar-refractivity contribution in [2.75, 3.05) is 6.54 Å². The van der Waals surface area contributed by atoms with Crippen LogP contribution in [0.5, 0.6) is 0 Å². The van der Waals surface area contributed by atoms with Crippen molar-refractivity contribution in [2.45, 2.75) is 28.5 Å². The Kier molecular flexibility index (Phi) is 3.59. The van der Waals surface area contributed by atoms with Gasteiger partial charge in [0.15, 0.2) is 9.84 Å². The van der Waals surface area contributed by atoms with E-state index in [1.54, 1.807) is 24.3 Å². The summed E-state index contributed by atoms with van der Waals surface area (Å²) in [6.07, 6.45) is 0. The smallest absolute Gasteiger partial charge is 0.183 e. The Hall–Kier alpha value is -1.69. The molecule has 0 heterocycles. The predicted molar refractivity (Wildman–Crippen MR) is 87.3 cm³/mol. The third-order valence-corrected chi connectivity index (χ3v) is 6.81. The van der Waals surface area contributed by atoms with Gasteiger partial charge >= 0.3 is 0 Å². The Balaban J connectivity index is 2.01. The second-order valence-corrected chi connectivity index (χ2v) is 8.05. The Morgan fingerprint density at radius 2 is 1.64 bits per heavy atom. The average Bonchev–Trinajstić information content (AvgIpc) is 3.16. The van der Waals surface area contributed by atoms with Crippen LogP contribution >= 0.6 is 0 Å². The van der Waals surface area contributed by atoms with E-state index in [1.165, 1.54) is 0 Å². The normalized spacial score (nSPS) is 27.6. The molecule has 0 aliphatic heterocycles. The highest BCUT2D eigenvalue weighted by atomic mass is 32.2. The van der Waals surface area contributed by atoms with E-state index >= 15 is 0 Å². The first-order chi connectivity index (χ1) is 10.4. The highest BCUT2D eigenvalue weighted by molar-refractivity contribution is 7.92. The predicted octanol–water partition coefficient (Wildman–Crippen LogP) is 1.59.